The van der Waals surface area contributed by atoms with Gasteiger partial charge in [-0.15, -0.1) is 0 Å². The van der Waals surface area contributed by atoms with Crippen molar-refractivity contribution in [3.8, 4) is 5.75 Å². The molecule has 1 aromatic rings. The molecule has 6 nitrogen and oxygen atoms in total. The lowest BCUT2D eigenvalue weighted by Gasteiger charge is -2.32. The molecule has 1 heterocycles. The van der Waals surface area contributed by atoms with Crippen molar-refractivity contribution in [1.82, 2.24) is 10.2 Å². The fourth-order valence-corrected chi connectivity index (χ4v) is 2.18. The number of para-hydroxylation sites is 1. The minimum absolute atomic E-state index is 0.0159. The molecule has 0 spiro atoms. The Balaban J connectivity index is 1.90. The number of piperazine rings is 1. The van der Waals surface area contributed by atoms with Gasteiger partial charge in [-0.3, -0.25) is 9.69 Å². The number of hydrogen-bond donors (Lipinski definition) is 2. The number of aromatic carboxylic acids is 1. The van der Waals surface area contributed by atoms with Crippen molar-refractivity contribution in [3.63, 3.8) is 0 Å². The molecule has 0 aromatic heterocycles. The van der Waals surface area contributed by atoms with E-state index in [9.17, 15) is 9.59 Å². The number of carboxylic acid groups (broad SMARTS) is 1. The summed E-state index contributed by atoms with van der Waals surface area (Å²) in [7, 11) is 0. The van der Waals surface area contributed by atoms with Crippen LogP contribution in [-0.4, -0.2) is 54.2 Å². The van der Waals surface area contributed by atoms with Crippen molar-refractivity contribution < 1.29 is 19.4 Å². The maximum absolute atomic E-state index is 11.5. The molecule has 0 aliphatic carbocycles. The standard InChI is InChI=1S/C14H18N2O4/c1-10-13(17)15-6-7-16(10)8-9-20-12-5-3-2-4-11(12)14(18)19/h2-5,10H,6-9H2,1H3,(H,15,17)(H,18,19). The van der Waals surface area contributed by atoms with E-state index < -0.39 is 5.97 Å². The monoisotopic (exact) mass is 278 g/mol. The Morgan fingerprint density at radius 2 is 2.25 bits per heavy atom. The third-order valence-electron chi connectivity index (χ3n) is 3.38. The Hall–Kier alpha value is -2.08. The number of nitrogens with one attached hydrogen (secondary N) is 1. The number of benzene rings is 1. The van der Waals surface area contributed by atoms with Crippen LogP contribution in [0.2, 0.25) is 0 Å². The molecule has 1 atom stereocenters. The molecule has 1 amide bonds. The first-order chi connectivity index (χ1) is 9.59. The van der Waals surface area contributed by atoms with Crippen molar-refractivity contribution in [1.29, 1.82) is 0 Å². The molecule has 1 unspecified atom stereocenters. The van der Waals surface area contributed by atoms with E-state index in [0.717, 1.165) is 6.54 Å². The summed E-state index contributed by atoms with van der Waals surface area (Å²) in [4.78, 5) is 24.6. The summed E-state index contributed by atoms with van der Waals surface area (Å²) in [6.07, 6.45) is 0. The molecule has 0 saturated carbocycles. The van der Waals surface area contributed by atoms with Gasteiger partial charge in [-0.05, 0) is 19.1 Å². The highest BCUT2D eigenvalue weighted by molar-refractivity contribution is 5.90. The molecular formula is C14H18N2O4. The number of ether oxygens (including phenoxy) is 1. The van der Waals surface area contributed by atoms with E-state index in [1.165, 1.54) is 6.07 Å². The van der Waals surface area contributed by atoms with Crippen LogP contribution in [0.25, 0.3) is 0 Å². The maximum Gasteiger partial charge on any atom is 0.339 e. The number of rotatable bonds is 5. The SMILES string of the molecule is CC1C(=O)NCCN1CCOc1ccccc1C(=O)O. The minimum Gasteiger partial charge on any atom is -0.491 e. The largest absolute Gasteiger partial charge is 0.491 e. The van der Waals surface area contributed by atoms with Gasteiger partial charge in [-0.1, -0.05) is 12.1 Å². The molecule has 2 rings (SSSR count). The lowest BCUT2D eigenvalue weighted by molar-refractivity contribution is -0.128. The molecule has 1 fully saturated rings. The molecule has 1 aliphatic heterocycles. The predicted molar refractivity (Wildman–Crippen MR) is 72.9 cm³/mol. The third-order valence-corrected chi connectivity index (χ3v) is 3.38. The summed E-state index contributed by atoms with van der Waals surface area (Å²) in [5, 5.41) is 11.8. The van der Waals surface area contributed by atoms with Gasteiger partial charge in [-0.2, -0.15) is 0 Å². The Morgan fingerprint density at radius 1 is 1.50 bits per heavy atom. The molecule has 20 heavy (non-hydrogen) atoms. The van der Waals surface area contributed by atoms with Gasteiger partial charge in [0.15, 0.2) is 0 Å². The van der Waals surface area contributed by atoms with E-state index in [1.807, 2.05) is 11.8 Å². The smallest absolute Gasteiger partial charge is 0.339 e. The Morgan fingerprint density at radius 3 is 3.00 bits per heavy atom. The number of carbonyl (C=O) groups excluding carboxylic acids is 1. The summed E-state index contributed by atoms with van der Waals surface area (Å²) in [5.74, 6) is -0.636. The fraction of sp³-hybridized carbons (Fsp3) is 0.429. The van der Waals surface area contributed by atoms with Gasteiger partial charge >= 0.3 is 5.97 Å². The molecule has 1 aliphatic rings. The van der Waals surface area contributed by atoms with Crippen molar-refractivity contribution in [3.05, 3.63) is 29.8 Å². The summed E-state index contributed by atoms with van der Waals surface area (Å²) >= 11 is 0. The van der Waals surface area contributed by atoms with Crippen LogP contribution in [0.1, 0.15) is 17.3 Å². The van der Waals surface area contributed by atoms with E-state index in [0.29, 0.717) is 25.4 Å². The second kappa shape index (κ2) is 6.38. The molecule has 0 radical (unpaired) electrons. The second-order valence-corrected chi connectivity index (χ2v) is 4.65. The van der Waals surface area contributed by atoms with Crippen LogP contribution in [-0.2, 0) is 4.79 Å². The fourth-order valence-electron chi connectivity index (χ4n) is 2.18. The van der Waals surface area contributed by atoms with E-state index in [1.54, 1.807) is 18.2 Å². The van der Waals surface area contributed by atoms with Crippen LogP contribution in [0.4, 0.5) is 0 Å². The average molecular weight is 278 g/mol. The molecule has 0 bridgehead atoms. The Labute approximate surface area is 117 Å². The van der Waals surface area contributed by atoms with Crippen LogP contribution < -0.4 is 10.1 Å². The molecule has 6 heteroatoms. The van der Waals surface area contributed by atoms with Gasteiger partial charge in [0, 0.05) is 19.6 Å². The number of carboxylic acids is 1. The molecule has 108 valence electrons. The van der Waals surface area contributed by atoms with Gasteiger partial charge in [0.2, 0.25) is 5.91 Å². The van der Waals surface area contributed by atoms with E-state index in [4.69, 9.17) is 9.84 Å². The zero-order chi connectivity index (χ0) is 14.5. The van der Waals surface area contributed by atoms with Crippen molar-refractivity contribution in [2.75, 3.05) is 26.2 Å². The topological polar surface area (TPSA) is 78.9 Å². The van der Waals surface area contributed by atoms with E-state index in [2.05, 4.69) is 5.32 Å². The first-order valence-electron chi connectivity index (χ1n) is 6.56. The van der Waals surface area contributed by atoms with Crippen molar-refractivity contribution in [2.24, 2.45) is 0 Å². The van der Waals surface area contributed by atoms with Gasteiger partial charge in [0.05, 0.1) is 6.04 Å². The van der Waals surface area contributed by atoms with Gasteiger partial charge in [0.25, 0.3) is 0 Å². The van der Waals surface area contributed by atoms with Crippen molar-refractivity contribution in [2.45, 2.75) is 13.0 Å². The van der Waals surface area contributed by atoms with Crippen LogP contribution in [0.3, 0.4) is 0 Å². The van der Waals surface area contributed by atoms with Crippen LogP contribution in [0, 0.1) is 0 Å². The third kappa shape index (κ3) is 3.27. The Kier molecular flexibility index (Phi) is 4.57. The summed E-state index contributed by atoms with van der Waals surface area (Å²) in [6, 6.07) is 6.36. The zero-order valence-corrected chi connectivity index (χ0v) is 11.3. The zero-order valence-electron chi connectivity index (χ0n) is 11.3. The predicted octanol–water partition coefficient (Wildman–Crippen LogP) is 0.584. The first kappa shape index (κ1) is 14.3. The van der Waals surface area contributed by atoms with Gasteiger partial charge in [-0.25, -0.2) is 4.79 Å². The van der Waals surface area contributed by atoms with Crippen molar-refractivity contribution >= 4 is 11.9 Å². The van der Waals surface area contributed by atoms with Gasteiger partial charge in [0.1, 0.15) is 17.9 Å². The lowest BCUT2D eigenvalue weighted by Crippen LogP contribution is -2.54. The number of carbonyl (C=O) groups is 2. The number of amides is 1. The highest BCUT2D eigenvalue weighted by Gasteiger charge is 2.24. The lowest BCUT2D eigenvalue weighted by atomic mass is 10.2. The summed E-state index contributed by atoms with van der Waals surface area (Å²) in [5.41, 5.74) is 0.150. The first-order valence-corrected chi connectivity index (χ1v) is 6.56. The Bertz CT molecular complexity index is 504. The van der Waals surface area contributed by atoms with E-state index in [-0.39, 0.29) is 17.5 Å². The molecule has 2 N–H and O–H groups in total. The summed E-state index contributed by atoms with van der Waals surface area (Å²) < 4.78 is 5.53. The van der Waals surface area contributed by atoms with Crippen LogP contribution >= 0.6 is 0 Å². The number of nitrogens with zero attached hydrogens (tertiary/aromatic N) is 1. The van der Waals surface area contributed by atoms with Crippen LogP contribution in [0.5, 0.6) is 5.75 Å². The molecular weight excluding hydrogens is 260 g/mol. The highest BCUT2D eigenvalue weighted by Crippen LogP contribution is 2.17. The van der Waals surface area contributed by atoms with Gasteiger partial charge < -0.3 is 15.2 Å². The maximum atomic E-state index is 11.5. The summed E-state index contributed by atoms with van der Waals surface area (Å²) in [6.45, 7) is 4.19. The van der Waals surface area contributed by atoms with Crippen LogP contribution in [0.15, 0.2) is 24.3 Å². The second-order valence-electron chi connectivity index (χ2n) is 4.65. The quantitative estimate of drug-likeness (QED) is 0.824. The minimum atomic E-state index is -1.01. The van der Waals surface area contributed by atoms with E-state index >= 15 is 0 Å². The molecule has 1 aromatic carbocycles. The number of hydrogen-bond acceptors (Lipinski definition) is 4. The highest BCUT2D eigenvalue weighted by atomic mass is 16.5. The molecule has 1 saturated heterocycles. The normalized spacial score (nSPS) is 19.4. The average Bonchev–Trinajstić information content (AvgIpc) is 2.44.